The van der Waals surface area contributed by atoms with Gasteiger partial charge in [0, 0.05) is 11.2 Å². The molecule has 0 amide bonds. The van der Waals surface area contributed by atoms with Crippen LogP contribution in [0.2, 0.25) is 0 Å². The Balaban J connectivity index is 2.10. The smallest absolute Gasteiger partial charge is 0.249 e. The molecule has 0 radical (unpaired) electrons. The highest BCUT2D eigenvalue weighted by molar-refractivity contribution is 5.54. The third-order valence-corrected chi connectivity index (χ3v) is 2.90. The summed E-state index contributed by atoms with van der Waals surface area (Å²) in [6, 6.07) is 8.28. The molecule has 2 N–H and O–H groups in total. The third kappa shape index (κ3) is 4.70. The van der Waals surface area contributed by atoms with E-state index in [2.05, 4.69) is 72.6 Å². The topological polar surface area (TPSA) is 62.7 Å². The highest BCUT2D eigenvalue weighted by atomic mass is 15.3. The molecule has 2 aromatic rings. The molecule has 21 heavy (non-hydrogen) atoms. The summed E-state index contributed by atoms with van der Waals surface area (Å²) in [5, 5.41) is 14.4. The van der Waals surface area contributed by atoms with Gasteiger partial charge in [0.25, 0.3) is 0 Å². The van der Waals surface area contributed by atoms with Crippen molar-refractivity contribution in [2.45, 2.75) is 46.1 Å². The zero-order chi connectivity index (χ0) is 15.5. The van der Waals surface area contributed by atoms with Gasteiger partial charge >= 0.3 is 0 Å². The van der Waals surface area contributed by atoms with Crippen LogP contribution in [-0.2, 0) is 0 Å². The fourth-order valence-electron chi connectivity index (χ4n) is 1.88. The molecule has 0 bridgehead atoms. The summed E-state index contributed by atoms with van der Waals surface area (Å²) >= 11 is 0. The van der Waals surface area contributed by atoms with Gasteiger partial charge in [-0.25, -0.2) is 0 Å². The summed E-state index contributed by atoms with van der Waals surface area (Å²) in [4.78, 5) is 4.42. The summed E-state index contributed by atoms with van der Waals surface area (Å²) in [7, 11) is 0. The molecule has 0 atom stereocenters. The molecule has 0 aliphatic heterocycles. The largest absolute Gasteiger partial charge is 0.364 e. The zero-order valence-electron chi connectivity index (χ0n) is 13.3. The Morgan fingerprint density at radius 1 is 1.05 bits per heavy atom. The SMILES string of the molecule is CC(C)c1ccc(Nc2nncc(NC(C)(C)C)n2)cc1. The van der Waals surface area contributed by atoms with Gasteiger partial charge in [-0.3, -0.25) is 0 Å². The zero-order valence-corrected chi connectivity index (χ0v) is 13.3. The number of aromatic nitrogens is 3. The molecule has 1 heterocycles. The second-order valence-electron chi connectivity index (χ2n) is 6.44. The Hall–Kier alpha value is -2.17. The molecule has 0 fully saturated rings. The lowest BCUT2D eigenvalue weighted by Crippen LogP contribution is -2.27. The Bertz CT molecular complexity index is 584. The minimum Gasteiger partial charge on any atom is -0.364 e. The first-order valence-electron chi connectivity index (χ1n) is 7.18. The number of hydrogen-bond donors (Lipinski definition) is 2. The lowest BCUT2D eigenvalue weighted by atomic mass is 10.0. The fraction of sp³-hybridized carbons (Fsp3) is 0.438. The lowest BCUT2D eigenvalue weighted by Gasteiger charge is -2.20. The Morgan fingerprint density at radius 2 is 1.71 bits per heavy atom. The maximum Gasteiger partial charge on any atom is 0.249 e. The minimum absolute atomic E-state index is 0.0633. The lowest BCUT2D eigenvalue weighted by molar-refractivity contribution is 0.629. The highest BCUT2D eigenvalue weighted by Gasteiger charge is 2.11. The molecule has 5 heteroatoms. The second-order valence-corrected chi connectivity index (χ2v) is 6.44. The summed E-state index contributed by atoms with van der Waals surface area (Å²) in [6.07, 6.45) is 1.62. The maximum absolute atomic E-state index is 4.42. The number of hydrogen-bond acceptors (Lipinski definition) is 5. The molecular weight excluding hydrogens is 262 g/mol. The first-order chi connectivity index (χ1) is 9.83. The van der Waals surface area contributed by atoms with Crippen LogP contribution in [0.25, 0.3) is 0 Å². The van der Waals surface area contributed by atoms with Crippen LogP contribution in [0.15, 0.2) is 30.5 Å². The summed E-state index contributed by atoms with van der Waals surface area (Å²) in [6.45, 7) is 10.6. The van der Waals surface area contributed by atoms with Crippen LogP contribution >= 0.6 is 0 Å². The van der Waals surface area contributed by atoms with Crippen LogP contribution in [0.4, 0.5) is 17.5 Å². The Labute approximate surface area is 126 Å². The van der Waals surface area contributed by atoms with E-state index >= 15 is 0 Å². The Kier molecular flexibility index (Phi) is 4.40. The first-order valence-corrected chi connectivity index (χ1v) is 7.18. The number of nitrogens with one attached hydrogen (secondary N) is 2. The highest BCUT2D eigenvalue weighted by Crippen LogP contribution is 2.19. The summed E-state index contributed by atoms with van der Waals surface area (Å²) in [5.74, 6) is 1.72. The van der Waals surface area contributed by atoms with E-state index in [4.69, 9.17) is 0 Å². The quantitative estimate of drug-likeness (QED) is 0.890. The van der Waals surface area contributed by atoms with Crippen molar-refractivity contribution in [3.05, 3.63) is 36.0 Å². The van der Waals surface area contributed by atoms with Crippen LogP contribution in [0, 0.1) is 0 Å². The molecular formula is C16H23N5. The first kappa shape index (κ1) is 15.2. The molecule has 0 aliphatic carbocycles. The molecule has 1 aromatic heterocycles. The van der Waals surface area contributed by atoms with Gasteiger partial charge in [-0.15, -0.1) is 5.10 Å². The fourth-order valence-corrected chi connectivity index (χ4v) is 1.88. The average Bonchev–Trinajstić information content (AvgIpc) is 2.37. The normalized spacial score (nSPS) is 11.5. The van der Waals surface area contributed by atoms with E-state index in [9.17, 15) is 0 Å². The van der Waals surface area contributed by atoms with Crippen molar-refractivity contribution in [2.24, 2.45) is 0 Å². The molecule has 2 rings (SSSR count). The van der Waals surface area contributed by atoms with E-state index in [-0.39, 0.29) is 5.54 Å². The van der Waals surface area contributed by atoms with Crippen LogP contribution in [0.1, 0.15) is 46.1 Å². The monoisotopic (exact) mass is 285 g/mol. The predicted octanol–water partition coefficient (Wildman–Crippen LogP) is 3.95. The molecule has 1 aromatic carbocycles. The minimum atomic E-state index is -0.0633. The van der Waals surface area contributed by atoms with Crippen molar-refractivity contribution in [3.8, 4) is 0 Å². The maximum atomic E-state index is 4.42. The van der Waals surface area contributed by atoms with Crippen LogP contribution < -0.4 is 10.6 Å². The van der Waals surface area contributed by atoms with Gasteiger partial charge in [-0.2, -0.15) is 10.1 Å². The van der Waals surface area contributed by atoms with Gasteiger partial charge in [0.15, 0.2) is 5.82 Å². The van der Waals surface area contributed by atoms with Crippen LogP contribution in [0.3, 0.4) is 0 Å². The van der Waals surface area contributed by atoms with E-state index in [1.165, 1.54) is 5.56 Å². The van der Waals surface area contributed by atoms with Gasteiger partial charge in [-0.1, -0.05) is 26.0 Å². The van der Waals surface area contributed by atoms with Crippen molar-refractivity contribution in [3.63, 3.8) is 0 Å². The Morgan fingerprint density at radius 3 is 2.29 bits per heavy atom. The van der Waals surface area contributed by atoms with Crippen molar-refractivity contribution >= 4 is 17.5 Å². The van der Waals surface area contributed by atoms with Gasteiger partial charge in [0.2, 0.25) is 5.95 Å². The van der Waals surface area contributed by atoms with Crippen molar-refractivity contribution in [1.82, 2.24) is 15.2 Å². The van der Waals surface area contributed by atoms with Gasteiger partial charge < -0.3 is 10.6 Å². The molecule has 0 saturated heterocycles. The number of anilines is 3. The number of benzene rings is 1. The second kappa shape index (κ2) is 6.08. The molecule has 0 unspecified atom stereocenters. The number of rotatable bonds is 4. The standard InChI is InChI=1S/C16H23N5/c1-11(2)12-6-8-13(9-7-12)18-15-19-14(10-17-21-15)20-16(3,4)5/h6-11H,1-5H3,(H2,18,19,20,21). The van der Waals surface area contributed by atoms with Gasteiger partial charge in [0.1, 0.15) is 0 Å². The van der Waals surface area contributed by atoms with Crippen molar-refractivity contribution in [2.75, 3.05) is 10.6 Å². The molecule has 112 valence electrons. The summed E-state index contributed by atoms with van der Waals surface area (Å²) < 4.78 is 0. The molecule has 0 saturated carbocycles. The van der Waals surface area contributed by atoms with Crippen LogP contribution in [-0.4, -0.2) is 20.7 Å². The van der Waals surface area contributed by atoms with Crippen molar-refractivity contribution in [1.29, 1.82) is 0 Å². The van der Waals surface area contributed by atoms with E-state index in [1.54, 1.807) is 6.20 Å². The van der Waals surface area contributed by atoms with E-state index < -0.39 is 0 Å². The molecule has 5 nitrogen and oxygen atoms in total. The summed E-state index contributed by atoms with van der Waals surface area (Å²) in [5.41, 5.74) is 2.20. The molecule has 0 spiro atoms. The number of nitrogens with zero attached hydrogens (tertiary/aromatic N) is 3. The van der Waals surface area contributed by atoms with Crippen molar-refractivity contribution < 1.29 is 0 Å². The predicted molar refractivity (Wildman–Crippen MR) is 87.0 cm³/mol. The third-order valence-electron chi connectivity index (χ3n) is 2.90. The van der Waals surface area contributed by atoms with Crippen LogP contribution in [0.5, 0.6) is 0 Å². The van der Waals surface area contributed by atoms with E-state index in [0.717, 1.165) is 5.69 Å². The van der Waals surface area contributed by atoms with E-state index in [0.29, 0.717) is 17.7 Å². The van der Waals surface area contributed by atoms with E-state index in [1.807, 2.05) is 12.1 Å². The van der Waals surface area contributed by atoms with Gasteiger partial charge in [0.05, 0.1) is 6.20 Å². The molecule has 0 aliphatic rings. The van der Waals surface area contributed by atoms with Gasteiger partial charge in [-0.05, 0) is 44.4 Å². The average molecular weight is 285 g/mol.